The monoisotopic (exact) mass is 408 g/mol. The second kappa shape index (κ2) is 4.65. The molecule has 0 aliphatic carbocycles. The predicted molar refractivity (Wildman–Crippen MR) is 73.2 cm³/mol. The lowest BCUT2D eigenvalue weighted by Gasteiger charge is -2.03. The summed E-state index contributed by atoms with van der Waals surface area (Å²) in [5, 5.41) is 14.1. The van der Waals surface area contributed by atoms with E-state index in [2.05, 4.69) is 26.6 Å². The molecule has 88 valence electrons. The van der Waals surface area contributed by atoms with Gasteiger partial charge in [0.15, 0.2) is 0 Å². The third kappa shape index (κ3) is 2.60. The topological polar surface area (TPSA) is 78.4 Å². The molecule has 1 saturated heterocycles. The molecule has 17 heavy (non-hydrogen) atoms. The summed E-state index contributed by atoms with van der Waals surface area (Å²) in [5.41, 5.74) is 0.884. The van der Waals surface area contributed by atoms with Gasteiger partial charge in [-0.3, -0.25) is 10.1 Å². The summed E-state index contributed by atoms with van der Waals surface area (Å²) in [7, 11) is 0. The normalized spacial score (nSPS) is 17.2. The average molecular weight is 409 g/mol. The number of hydrogen-bond acceptors (Lipinski definition) is 3. The molecular formula is C10H6BrIN2O3. The van der Waals surface area contributed by atoms with Crippen LogP contribution >= 0.6 is 38.5 Å². The predicted octanol–water partition coefficient (Wildman–Crippen LogP) is 1.94. The Balaban J connectivity index is 2.40. The first-order valence-electron chi connectivity index (χ1n) is 4.49. The lowest BCUT2D eigenvalue weighted by atomic mass is 10.2. The Labute approximate surface area is 119 Å². The van der Waals surface area contributed by atoms with Crippen molar-refractivity contribution < 1.29 is 14.7 Å². The first-order valence-corrected chi connectivity index (χ1v) is 6.36. The highest BCUT2D eigenvalue weighted by molar-refractivity contribution is 14.1. The summed E-state index contributed by atoms with van der Waals surface area (Å²) in [6.45, 7) is 0. The van der Waals surface area contributed by atoms with Crippen molar-refractivity contribution in [2.75, 3.05) is 0 Å². The van der Waals surface area contributed by atoms with Crippen molar-refractivity contribution in [1.82, 2.24) is 10.6 Å². The number of amides is 3. The van der Waals surface area contributed by atoms with Crippen LogP contribution in [0.15, 0.2) is 22.3 Å². The van der Waals surface area contributed by atoms with E-state index < -0.39 is 11.9 Å². The molecule has 2 rings (SSSR count). The number of halogens is 2. The first-order chi connectivity index (χ1) is 7.97. The Kier molecular flexibility index (Phi) is 3.38. The molecule has 1 aromatic rings. The van der Waals surface area contributed by atoms with Crippen LogP contribution in [0, 0.1) is 3.57 Å². The van der Waals surface area contributed by atoms with E-state index in [0.717, 1.165) is 0 Å². The highest BCUT2D eigenvalue weighted by atomic mass is 127. The Hall–Kier alpha value is -1.09. The van der Waals surface area contributed by atoms with Gasteiger partial charge in [0.1, 0.15) is 11.4 Å². The van der Waals surface area contributed by atoms with Crippen molar-refractivity contribution in [3.63, 3.8) is 0 Å². The zero-order valence-electron chi connectivity index (χ0n) is 8.25. The zero-order valence-corrected chi connectivity index (χ0v) is 12.0. The van der Waals surface area contributed by atoms with E-state index in [1.807, 2.05) is 22.6 Å². The minimum absolute atomic E-state index is 0.146. The summed E-state index contributed by atoms with van der Waals surface area (Å²) >= 11 is 5.18. The number of rotatable bonds is 1. The molecule has 1 heterocycles. The Bertz CT molecular complexity index is 533. The van der Waals surface area contributed by atoms with Crippen LogP contribution in [0.2, 0.25) is 0 Å². The standard InChI is InChI=1S/C10H6BrIN2O3/c11-5-1-4(2-6(12)8(5)15)3-7-9(16)14-10(17)13-7/h1-3,15H,(H2,13,14,16,17)/b7-3+. The lowest BCUT2D eigenvalue weighted by Crippen LogP contribution is -2.22. The minimum Gasteiger partial charge on any atom is -0.506 e. The number of benzene rings is 1. The number of hydrogen-bond donors (Lipinski definition) is 3. The Morgan fingerprint density at radius 3 is 2.53 bits per heavy atom. The molecule has 0 saturated carbocycles. The summed E-state index contributed by atoms with van der Waals surface area (Å²) < 4.78 is 1.18. The highest BCUT2D eigenvalue weighted by Crippen LogP contribution is 2.31. The van der Waals surface area contributed by atoms with E-state index in [0.29, 0.717) is 13.6 Å². The molecule has 3 N–H and O–H groups in total. The van der Waals surface area contributed by atoms with Crippen molar-refractivity contribution in [1.29, 1.82) is 0 Å². The van der Waals surface area contributed by atoms with Gasteiger partial charge in [-0.25, -0.2) is 4.79 Å². The van der Waals surface area contributed by atoms with Crippen LogP contribution in [0.5, 0.6) is 5.75 Å². The molecule has 1 aromatic carbocycles. The van der Waals surface area contributed by atoms with Crippen LogP contribution < -0.4 is 10.6 Å². The van der Waals surface area contributed by atoms with E-state index in [-0.39, 0.29) is 11.4 Å². The number of carbonyl (C=O) groups excluding carboxylic acids is 2. The first kappa shape index (κ1) is 12.4. The number of imide groups is 1. The highest BCUT2D eigenvalue weighted by Gasteiger charge is 2.22. The van der Waals surface area contributed by atoms with Gasteiger partial charge in [0.25, 0.3) is 5.91 Å². The quantitative estimate of drug-likeness (QED) is 0.377. The van der Waals surface area contributed by atoms with Gasteiger partial charge in [-0.1, -0.05) is 0 Å². The SMILES string of the molecule is O=C1NC(=O)/C(=C\c2cc(Br)c(O)c(I)c2)N1. The van der Waals surface area contributed by atoms with Crippen molar-refractivity contribution in [2.24, 2.45) is 0 Å². The Morgan fingerprint density at radius 2 is 2.00 bits per heavy atom. The maximum absolute atomic E-state index is 11.3. The van der Waals surface area contributed by atoms with E-state index in [1.165, 1.54) is 6.08 Å². The van der Waals surface area contributed by atoms with Crippen molar-refractivity contribution in [3.8, 4) is 5.75 Å². The minimum atomic E-state index is -0.534. The molecule has 5 nitrogen and oxygen atoms in total. The van der Waals surface area contributed by atoms with Gasteiger partial charge < -0.3 is 10.4 Å². The molecule has 1 aliphatic rings. The molecule has 1 aliphatic heterocycles. The molecule has 0 unspecified atom stereocenters. The third-order valence-electron chi connectivity index (χ3n) is 2.07. The number of carbonyl (C=O) groups is 2. The molecule has 0 atom stereocenters. The van der Waals surface area contributed by atoms with Crippen LogP contribution in [0.25, 0.3) is 6.08 Å². The van der Waals surface area contributed by atoms with Crippen LogP contribution in [0.1, 0.15) is 5.56 Å². The van der Waals surface area contributed by atoms with Gasteiger partial charge >= 0.3 is 6.03 Å². The molecular weight excluding hydrogens is 403 g/mol. The Morgan fingerprint density at radius 1 is 1.29 bits per heavy atom. The van der Waals surface area contributed by atoms with E-state index in [9.17, 15) is 14.7 Å². The van der Waals surface area contributed by atoms with E-state index >= 15 is 0 Å². The van der Waals surface area contributed by atoms with Crippen LogP contribution in [-0.2, 0) is 4.79 Å². The van der Waals surface area contributed by atoms with Crippen LogP contribution in [-0.4, -0.2) is 17.0 Å². The molecule has 0 spiro atoms. The van der Waals surface area contributed by atoms with Crippen LogP contribution in [0.4, 0.5) is 4.79 Å². The summed E-state index contributed by atoms with van der Waals surface area (Å²) in [6.07, 6.45) is 1.53. The fraction of sp³-hybridized carbons (Fsp3) is 0. The molecule has 0 aromatic heterocycles. The number of urea groups is 1. The summed E-state index contributed by atoms with van der Waals surface area (Å²) in [5.74, 6) is -0.318. The fourth-order valence-electron chi connectivity index (χ4n) is 1.32. The molecule has 0 radical (unpaired) electrons. The van der Waals surface area contributed by atoms with Gasteiger partial charge in [-0.05, 0) is 62.3 Å². The number of nitrogens with one attached hydrogen (secondary N) is 2. The van der Waals surface area contributed by atoms with Gasteiger partial charge in [-0.2, -0.15) is 0 Å². The van der Waals surface area contributed by atoms with Gasteiger partial charge in [0.05, 0.1) is 8.04 Å². The number of phenolic OH excluding ortho intramolecular Hbond substituents is 1. The summed E-state index contributed by atoms with van der Waals surface area (Å²) in [6, 6.07) is 2.82. The molecule has 0 bridgehead atoms. The maximum atomic E-state index is 11.3. The lowest BCUT2D eigenvalue weighted by molar-refractivity contribution is -0.115. The molecule has 7 heteroatoms. The van der Waals surface area contributed by atoms with Gasteiger partial charge in [0.2, 0.25) is 0 Å². The average Bonchev–Trinajstić information content (AvgIpc) is 2.54. The smallest absolute Gasteiger partial charge is 0.326 e. The second-order valence-corrected chi connectivity index (χ2v) is 5.32. The molecule has 3 amide bonds. The van der Waals surface area contributed by atoms with E-state index in [1.54, 1.807) is 12.1 Å². The van der Waals surface area contributed by atoms with Crippen molar-refractivity contribution in [2.45, 2.75) is 0 Å². The van der Waals surface area contributed by atoms with Gasteiger partial charge in [-0.15, -0.1) is 0 Å². The molecule has 1 fully saturated rings. The number of phenols is 1. The van der Waals surface area contributed by atoms with Crippen molar-refractivity contribution in [3.05, 3.63) is 31.4 Å². The summed E-state index contributed by atoms with van der Waals surface area (Å²) in [4.78, 5) is 22.2. The zero-order chi connectivity index (χ0) is 12.6. The van der Waals surface area contributed by atoms with Crippen LogP contribution in [0.3, 0.4) is 0 Å². The largest absolute Gasteiger partial charge is 0.506 e. The van der Waals surface area contributed by atoms with E-state index in [4.69, 9.17) is 0 Å². The fourth-order valence-corrected chi connectivity index (χ4v) is 2.82. The third-order valence-corrected chi connectivity index (χ3v) is 3.50. The van der Waals surface area contributed by atoms with Crippen molar-refractivity contribution >= 4 is 56.5 Å². The second-order valence-electron chi connectivity index (χ2n) is 3.30. The number of aromatic hydroxyl groups is 1. The maximum Gasteiger partial charge on any atom is 0.326 e. The van der Waals surface area contributed by atoms with Gasteiger partial charge in [0, 0.05) is 0 Å².